The molecule has 0 saturated carbocycles. The van der Waals surface area contributed by atoms with Crippen molar-refractivity contribution >= 4 is 23.6 Å². The maximum atomic E-state index is 11.5. The molecule has 0 aliphatic carbocycles. The van der Waals surface area contributed by atoms with E-state index in [-0.39, 0.29) is 6.61 Å². The number of allylic oxidation sites excluding steroid dienone is 1. The van der Waals surface area contributed by atoms with Crippen molar-refractivity contribution in [3.63, 3.8) is 0 Å². The number of hydrogen-bond donors (Lipinski definition) is 0. The Bertz CT molecular complexity index is 925. The fourth-order valence-electron chi connectivity index (χ4n) is 2.34. The molecule has 0 aliphatic rings. The number of carbonyl (C=O) groups is 2. The van der Waals surface area contributed by atoms with E-state index in [1.807, 2.05) is 0 Å². The number of carbonyl (C=O) groups excluding carboxylic acids is 2. The molecule has 0 spiro atoms. The number of esters is 2. The Kier molecular flexibility index (Phi) is 7.17. The van der Waals surface area contributed by atoms with Crippen molar-refractivity contribution in [3.05, 3.63) is 59.2 Å². The summed E-state index contributed by atoms with van der Waals surface area (Å²) >= 11 is 0. The van der Waals surface area contributed by atoms with Gasteiger partial charge < -0.3 is 18.9 Å². The first-order chi connectivity index (χ1) is 13.5. The summed E-state index contributed by atoms with van der Waals surface area (Å²) in [6.07, 6.45) is 1.68. The molecule has 0 saturated heterocycles. The quantitative estimate of drug-likeness (QED) is 0.413. The topological polar surface area (TPSA) is 94.9 Å². The third kappa shape index (κ3) is 5.11. The van der Waals surface area contributed by atoms with Crippen molar-refractivity contribution in [1.29, 1.82) is 5.26 Å². The lowest BCUT2D eigenvalue weighted by Gasteiger charge is -2.10. The maximum absolute atomic E-state index is 11.5. The van der Waals surface area contributed by atoms with Crippen molar-refractivity contribution in [3.8, 4) is 17.6 Å². The number of hydrogen-bond acceptors (Lipinski definition) is 7. The molecule has 0 fully saturated rings. The highest BCUT2D eigenvalue weighted by Gasteiger charge is 2.10. The molecule has 7 heteroatoms. The Morgan fingerprint density at radius 3 is 2.21 bits per heavy atom. The summed E-state index contributed by atoms with van der Waals surface area (Å²) in [5.74, 6) is -0.156. The first-order valence-electron chi connectivity index (χ1n) is 8.20. The fraction of sp³-hybridized carbons (Fsp3) is 0.190. The highest BCUT2D eigenvalue weighted by atomic mass is 16.6. The average molecular weight is 381 g/mol. The molecule has 0 unspecified atom stereocenters. The van der Waals surface area contributed by atoms with Gasteiger partial charge in [0.15, 0.2) is 18.1 Å². The van der Waals surface area contributed by atoms with E-state index in [1.54, 1.807) is 48.5 Å². The summed E-state index contributed by atoms with van der Waals surface area (Å²) in [5, 5.41) is 9.50. The normalized spacial score (nSPS) is 10.6. The molecule has 2 rings (SSSR count). The first-order valence-corrected chi connectivity index (χ1v) is 8.20. The van der Waals surface area contributed by atoms with Gasteiger partial charge in [-0.05, 0) is 41.5 Å². The monoisotopic (exact) mass is 381 g/mol. The summed E-state index contributed by atoms with van der Waals surface area (Å²) in [5.41, 5.74) is 2.16. The van der Waals surface area contributed by atoms with Crippen molar-refractivity contribution in [2.24, 2.45) is 0 Å². The predicted octanol–water partition coefficient (Wildman–Crippen LogP) is 3.10. The summed E-state index contributed by atoms with van der Waals surface area (Å²) < 4.78 is 19.9. The number of rotatable bonds is 7. The molecule has 0 N–H and O–H groups in total. The zero-order valence-electron chi connectivity index (χ0n) is 15.7. The van der Waals surface area contributed by atoms with Gasteiger partial charge in [-0.3, -0.25) is 0 Å². The molecule has 2 aromatic rings. The van der Waals surface area contributed by atoms with Crippen molar-refractivity contribution in [2.75, 3.05) is 27.9 Å². The van der Waals surface area contributed by atoms with Crippen LogP contribution in [0, 0.1) is 11.3 Å². The van der Waals surface area contributed by atoms with Crippen LogP contribution in [0.4, 0.5) is 0 Å². The van der Waals surface area contributed by atoms with Gasteiger partial charge in [0.2, 0.25) is 0 Å². The van der Waals surface area contributed by atoms with E-state index >= 15 is 0 Å². The lowest BCUT2D eigenvalue weighted by Crippen LogP contribution is -2.12. The highest BCUT2D eigenvalue weighted by molar-refractivity contribution is 5.92. The van der Waals surface area contributed by atoms with Crippen LogP contribution in [0.25, 0.3) is 11.6 Å². The molecule has 0 heterocycles. The van der Waals surface area contributed by atoms with Crippen LogP contribution in [-0.4, -0.2) is 39.9 Å². The van der Waals surface area contributed by atoms with Gasteiger partial charge in [0.1, 0.15) is 0 Å². The standard InChI is InChI=1S/C21H19NO6/c1-25-19-11-14(4-9-18(19)28-13-20(23)26-2)10-17(12-22)15-5-7-16(8-6-15)21(24)27-3/h4-11H,13H2,1-3H3/b17-10-. The smallest absolute Gasteiger partial charge is 0.343 e. The van der Waals surface area contributed by atoms with Gasteiger partial charge in [0.25, 0.3) is 0 Å². The fourth-order valence-corrected chi connectivity index (χ4v) is 2.34. The minimum absolute atomic E-state index is 0.238. The van der Waals surface area contributed by atoms with Gasteiger partial charge in [0, 0.05) is 0 Å². The second-order valence-electron chi connectivity index (χ2n) is 5.51. The van der Waals surface area contributed by atoms with Crippen LogP contribution in [0.1, 0.15) is 21.5 Å². The molecule has 0 radical (unpaired) electrons. The van der Waals surface area contributed by atoms with E-state index < -0.39 is 11.9 Å². The summed E-state index contributed by atoms with van der Waals surface area (Å²) in [7, 11) is 4.06. The van der Waals surface area contributed by atoms with Crippen molar-refractivity contribution < 1.29 is 28.5 Å². The van der Waals surface area contributed by atoms with Gasteiger partial charge in [-0.2, -0.15) is 5.26 Å². The number of nitriles is 1. The van der Waals surface area contributed by atoms with E-state index in [1.165, 1.54) is 21.3 Å². The zero-order chi connectivity index (χ0) is 20.5. The molecule has 144 valence electrons. The van der Waals surface area contributed by atoms with Crippen LogP contribution >= 0.6 is 0 Å². The Morgan fingerprint density at radius 2 is 1.64 bits per heavy atom. The molecule has 2 aromatic carbocycles. The molecule has 0 aliphatic heterocycles. The molecule has 28 heavy (non-hydrogen) atoms. The van der Waals surface area contributed by atoms with Crippen LogP contribution in [0.15, 0.2) is 42.5 Å². The van der Waals surface area contributed by atoms with Gasteiger partial charge in [-0.1, -0.05) is 18.2 Å². The third-order valence-corrected chi connectivity index (χ3v) is 3.81. The predicted molar refractivity (Wildman–Crippen MR) is 102 cm³/mol. The molecular weight excluding hydrogens is 362 g/mol. The second kappa shape index (κ2) is 9.78. The van der Waals surface area contributed by atoms with Crippen LogP contribution in [0.3, 0.4) is 0 Å². The summed E-state index contributed by atoms with van der Waals surface area (Å²) in [6, 6.07) is 13.7. The van der Waals surface area contributed by atoms with Gasteiger partial charge in [0.05, 0.1) is 38.5 Å². The Morgan fingerprint density at radius 1 is 0.964 bits per heavy atom. The molecular formula is C21H19NO6. The van der Waals surface area contributed by atoms with Crippen molar-refractivity contribution in [1.82, 2.24) is 0 Å². The van der Waals surface area contributed by atoms with Crippen LogP contribution in [0.5, 0.6) is 11.5 Å². The molecule has 7 nitrogen and oxygen atoms in total. The highest BCUT2D eigenvalue weighted by Crippen LogP contribution is 2.30. The van der Waals surface area contributed by atoms with E-state index in [0.717, 1.165) is 0 Å². The van der Waals surface area contributed by atoms with E-state index in [4.69, 9.17) is 9.47 Å². The number of nitrogens with zero attached hydrogens (tertiary/aromatic N) is 1. The van der Waals surface area contributed by atoms with Gasteiger partial charge in [-0.15, -0.1) is 0 Å². The minimum Gasteiger partial charge on any atom is -0.493 e. The van der Waals surface area contributed by atoms with Crippen molar-refractivity contribution in [2.45, 2.75) is 0 Å². The Labute approximate surface area is 162 Å². The van der Waals surface area contributed by atoms with E-state index in [2.05, 4.69) is 15.5 Å². The molecule has 0 atom stereocenters. The number of ether oxygens (including phenoxy) is 4. The largest absolute Gasteiger partial charge is 0.493 e. The lowest BCUT2D eigenvalue weighted by molar-refractivity contribution is -0.142. The van der Waals surface area contributed by atoms with Crippen LogP contribution < -0.4 is 9.47 Å². The second-order valence-corrected chi connectivity index (χ2v) is 5.51. The first kappa shape index (κ1) is 20.5. The molecule has 0 amide bonds. The minimum atomic E-state index is -0.506. The SMILES string of the molecule is COC(=O)COc1ccc(/C=C(/C#N)c2ccc(C(=O)OC)cc2)cc1OC. The Hall–Kier alpha value is -3.79. The number of methoxy groups -OCH3 is 3. The summed E-state index contributed by atoms with van der Waals surface area (Å²) in [4.78, 5) is 22.7. The van der Waals surface area contributed by atoms with E-state index in [0.29, 0.717) is 33.8 Å². The average Bonchev–Trinajstić information content (AvgIpc) is 2.75. The third-order valence-electron chi connectivity index (χ3n) is 3.81. The zero-order valence-corrected chi connectivity index (χ0v) is 15.7. The van der Waals surface area contributed by atoms with Gasteiger partial charge in [-0.25, -0.2) is 9.59 Å². The van der Waals surface area contributed by atoms with Crippen LogP contribution in [0.2, 0.25) is 0 Å². The summed E-state index contributed by atoms with van der Waals surface area (Å²) in [6.45, 7) is -0.238. The van der Waals surface area contributed by atoms with Gasteiger partial charge >= 0.3 is 11.9 Å². The maximum Gasteiger partial charge on any atom is 0.343 e. The number of benzene rings is 2. The van der Waals surface area contributed by atoms with Crippen LogP contribution in [-0.2, 0) is 14.3 Å². The Balaban J connectivity index is 2.27. The molecule has 0 bridgehead atoms. The molecule has 0 aromatic heterocycles. The van der Waals surface area contributed by atoms with E-state index in [9.17, 15) is 14.9 Å². The lowest BCUT2D eigenvalue weighted by atomic mass is 10.0.